The zero-order valence-corrected chi connectivity index (χ0v) is 11.1. The highest BCUT2D eigenvalue weighted by molar-refractivity contribution is 6.11. The Kier molecular flexibility index (Phi) is 4.26. The number of alkyl halides is 3. The molecule has 0 saturated carbocycles. The topological polar surface area (TPSA) is 39.2 Å². The van der Waals surface area contributed by atoms with Crippen LogP contribution in [-0.4, -0.2) is 17.4 Å². The van der Waals surface area contributed by atoms with Crippen molar-refractivity contribution >= 4 is 5.78 Å². The molecule has 1 heterocycles. The second-order valence-corrected chi connectivity index (χ2v) is 4.18. The third-order valence-electron chi connectivity index (χ3n) is 2.80. The van der Waals surface area contributed by atoms with Gasteiger partial charge in [-0.15, -0.1) is 0 Å². The maximum Gasteiger partial charge on any atom is 0.417 e. The molecule has 2 aromatic rings. The van der Waals surface area contributed by atoms with Gasteiger partial charge >= 0.3 is 6.18 Å². The molecule has 3 nitrogen and oxygen atoms in total. The van der Waals surface area contributed by atoms with Crippen molar-refractivity contribution in [3.8, 4) is 5.75 Å². The minimum atomic E-state index is -4.62. The Morgan fingerprint density at radius 3 is 2.57 bits per heavy atom. The minimum Gasteiger partial charge on any atom is -0.493 e. The molecule has 0 amide bonds. The Labute approximate surface area is 119 Å². The molecular formula is C15H12F3NO2. The van der Waals surface area contributed by atoms with Gasteiger partial charge in [0.25, 0.3) is 0 Å². The smallest absolute Gasteiger partial charge is 0.417 e. The molecule has 6 heteroatoms. The van der Waals surface area contributed by atoms with E-state index in [4.69, 9.17) is 4.74 Å². The first-order valence-electron chi connectivity index (χ1n) is 6.23. The molecule has 0 aliphatic rings. The number of hydrogen-bond donors (Lipinski definition) is 0. The van der Waals surface area contributed by atoms with Gasteiger partial charge in [-0.3, -0.25) is 9.78 Å². The molecular weight excluding hydrogens is 283 g/mol. The molecule has 0 unspecified atom stereocenters. The van der Waals surface area contributed by atoms with E-state index >= 15 is 0 Å². The van der Waals surface area contributed by atoms with Crippen LogP contribution in [0, 0.1) is 0 Å². The lowest BCUT2D eigenvalue weighted by Gasteiger charge is -2.13. The molecule has 1 aromatic heterocycles. The fraction of sp³-hybridized carbons (Fsp3) is 0.200. The maximum atomic E-state index is 13.0. The van der Waals surface area contributed by atoms with Gasteiger partial charge in [0.15, 0.2) is 5.78 Å². The number of rotatable bonds is 4. The lowest BCUT2D eigenvalue weighted by atomic mass is 9.99. The van der Waals surface area contributed by atoms with E-state index in [-0.39, 0.29) is 11.3 Å². The van der Waals surface area contributed by atoms with Crippen molar-refractivity contribution in [3.05, 3.63) is 59.4 Å². The van der Waals surface area contributed by atoms with Crippen LogP contribution < -0.4 is 4.74 Å². The molecule has 0 atom stereocenters. The number of ether oxygens (including phenoxy) is 1. The summed E-state index contributed by atoms with van der Waals surface area (Å²) in [4.78, 5) is 16.0. The summed E-state index contributed by atoms with van der Waals surface area (Å²) < 4.78 is 44.2. The zero-order valence-electron chi connectivity index (χ0n) is 11.1. The molecule has 0 aliphatic heterocycles. The molecule has 0 fully saturated rings. The molecule has 2 rings (SSSR count). The average Bonchev–Trinajstić information content (AvgIpc) is 2.46. The summed E-state index contributed by atoms with van der Waals surface area (Å²) in [6.07, 6.45) is -2.68. The highest BCUT2D eigenvalue weighted by atomic mass is 19.4. The van der Waals surface area contributed by atoms with E-state index in [1.165, 1.54) is 6.07 Å². The van der Waals surface area contributed by atoms with Crippen molar-refractivity contribution in [2.45, 2.75) is 13.1 Å². The number of para-hydroxylation sites is 1. The number of aromatic nitrogens is 1. The van der Waals surface area contributed by atoms with Gasteiger partial charge in [-0.25, -0.2) is 0 Å². The molecule has 0 aliphatic carbocycles. The molecule has 0 spiro atoms. The molecule has 0 radical (unpaired) electrons. The summed E-state index contributed by atoms with van der Waals surface area (Å²) in [6.45, 7) is 2.04. The van der Waals surface area contributed by atoms with E-state index in [9.17, 15) is 18.0 Å². The average molecular weight is 295 g/mol. The van der Waals surface area contributed by atoms with Gasteiger partial charge in [-0.2, -0.15) is 13.2 Å². The molecule has 21 heavy (non-hydrogen) atoms. The maximum absolute atomic E-state index is 13.0. The Bertz CT molecular complexity index is 653. The fourth-order valence-electron chi connectivity index (χ4n) is 1.90. The largest absolute Gasteiger partial charge is 0.493 e. The SMILES string of the molecule is CCOc1ccccc1C(=O)c1cnccc1C(F)(F)F. The van der Waals surface area contributed by atoms with Crippen LogP contribution in [0.5, 0.6) is 5.75 Å². The van der Waals surface area contributed by atoms with E-state index < -0.39 is 23.1 Å². The summed E-state index contributed by atoms with van der Waals surface area (Å²) in [7, 11) is 0. The summed E-state index contributed by atoms with van der Waals surface area (Å²) >= 11 is 0. The van der Waals surface area contributed by atoms with Crippen LogP contribution >= 0.6 is 0 Å². The minimum absolute atomic E-state index is 0.0813. The van der Waals surface area contributed by atoms with E-state index in [0.29, 0.717) is 6.61 Å². The summed E-state index contributed by atoms with van der Waals surface area (Å²) in [5, 5.41) is 0. The van der Waals surface area contributed by atoms with E-state index in [1.807, 2.05) is 0 Å². The van der Waals surface area contributed by atoms with Crippen molar-refractivity contribution in [2.75, 3.05) is 6.61 Å². The molecule has 1 aromatic carbocycles. The number of benzene rings is 1. The first kappa shape index (κ1) is 15.0. The Hall–Kier alpha value is -2.37. The van der Waals surface area contributed by atoms with Gasteiger partial charge in [0.1, 0.15) is 5.75 Å². The van der Waals surface area contributed by atoms with Crippen LogP contribution in [-0.2, 0) is 6.18 Å². The highest BCUT2D eigenvalue weighted by Gasteiger charge is 2.35. The number of nitrogens with zero attached hydrogens (tertiary/aromatic N) is 1. The predicted molar refractivity (Wildman–Crippen MR) is 70.3 cm³/mol. The number of pyridine rings is 1. The van der Waals surface area contributed by atoms with Crippen molar-refractivity contribution in [1.82, 2.24) is 4.98 Å². The third-order valence-corrected chi connectivity index (χ3v) is 2.80. The van der Waals surface area contributed by atoms with Gasteiger partial charge in [0.2, 0.25) is 0 Å². The lowest BCUT2D eigenvalue weighted by molar-refractivity contribution is -0.137. The van der Waals surface area contributed by atoms with Crippen molar-refractivity contribution in [1.29, 1.82) is 0 Å². The third kappa shape index (κ3) is 3.21. The first-order chi connectivity index (χ1) is 9.95. The molecule has 110 valence electrons. The Morgan fingerprint density at radius 1 is 1.19 bits per heavy atom. The van der Waals surface area contributed by atoms with Gasteiger partial charge in [-0.1, -0.05) is 12.1 Å². The normalized spacial score (nSPS) is 11.2. The lowest BCUT2D eigenvalue weighted by Crippen LogP contribution is -2.15. The van der Waals surface area contributed by atoms with Crippen LogP contribution in [0.1, 0.15) is 28.4 Å². The van der Waals surface area contributed by atoms with Crippen molar-refractivity contribution in [2.24, 2.45) is 0 Å². The second-order valence-electron chi connectivity index (χ2n) is 4.18. The predicted octanol–water partition coefficient (Wildman–Crippen LogP) is 3.73. The monoisotopic (exact) mass is 295 g/mol. The standard InChI is InChI=1S/C15H12F3NO2/c1-2-21-13-6-4-3-5-10(13)14(20)11-9-19-8-7-12(11)15(16,17)18/h3-9H,2H2,1H3. The summed E-state index contributed by atoms with van der Waals surface area (Å²) in [5.41, 5.74) is -1.41. The summed E-state index contributed by atoms with van der Waals surface area (Å²) in [5.74, 6) is -0.513. The number of ketones is 1. The first-order valence-corrected chi connectivity index (χ1v) is 6.23. The molecule has 0 bridgehead atoms. The van der Waals surface area contributed by atoms with Gasteiger partial charge in [0.05, 0.1) is 23.3 Å². The zero-order chi connectivity index (χ0) is 15.5. The van der Waals surface area contributed by atoms with Crippen LogP contribution in [0.25, 0.3) is 0 Å². The molecule has 0 N–H and O–H groups in total. The highest BCUT2D eigenvalue weighted by Crippen LogP contribution is 2.33. The number of carbonyl (C=O) groups excluding carboxylic acids is 1. The van der Waals surface area contributed by atoms with E-state index in [1.54, 1.807) is 25.1 Å². The number of hydrogen-bond acceptors (Lipinski definition) is 3. The van der Waals surface area contributed by atoms with E-state index in [2.05, 4.69) is 4.98 Å². The quantitative estimate of drug-likeness (QED) is 0.807. The van der Waals surface area contributed by atoms with E-state index in [0.717, 1.165) is 18.5 Å². The Balaban J connectivity index is 2.51. The van der Waals surface area contributed by atoms with Crippen LogP contribution in [0.4, 0.5) is 13.2 Å². The van der Waals surface area contributed by atoms with Crippen molar-refractivity contribution in [3.63, 3.8) is 0 Å². The van der Waals surface area contributed by atoms with Crippen molar-refractivity contribution < 1.29 is 22.7 Å². The number of carbonyl (C=O) groups is 1. The van der Waals surface area contributed by atoms with Gasteiger partial charge in [0, 0.05) is 12.4 Å². The van der Waals surface area contributed by atoms with Crippen LogP contribution in [0.2, 0.25) is 0 Å². The Morgan fingerprint density at radius 2 is 1.90 bits per heavy atom. The second kappa shape index (κ2) is 5.95. The fourth-order valence-corrected chi connectivity index (χ4v) is 1.90. The number of halogens is 3. The van der Waals surface area contributed by atoms with Crippen LogP contribution in [0.3, 0.4) is 0 Å². The van der Waals surface area contributed by atoms with Gasteiger partial charge < -0.3 is 4.74 Å². The van der Waals surface area contributed by atoms with Crippen LogP contribution in [0.15, 0.2) is 42.7 Å². The molecule has 0 saturated heterocycles. The van der Waals surface area contributed by atoms with Gasteiger partial charge in [-0.05, 0) is 25.1 Å². The summed E-state index contributed by atoms with van der Waals surface area (Å²) in [6, 6.07) is 6.98.